The first-order valence-corrected chi connectivity index (χ1v) is 13.2. The molecule has 0 radical (unpaired) electrons. The van der Waals surface area contributed by atoms with Gasteiger partial charge in [-0.25, -0.2) is 4.79 Å². The number of hydrogen-bond acceptors (Lipinski definition) is 9. The third-order valence-corrected chi connectivity index (χ3v) is 10.7. The summed E-state index contributed by atoms with van der Waals surface area (Å²) in [5.41, 5.74) is -4.42. The summed E-state index contributed by atoms with van der Waals surface area (Å²) < 4.78 is 10.2. The minimum Gasteiger partial charge on any atom is -0.453 e. The van der Waals surface area contributed by atoms with Crippen LogP contribution < -0.4 is 5.32 Å². The van der Waals surface area contributed by atoms with Gasteiger partial charge in [0.1, 0.15) is 11.7 Å². The molecule has 6 N–H and O–H groups in total. The highest BCUT2D eigenvalue weighted by Gasteiger charge is 2.73. The Labute approximate surface area is 218 Å². The molecule has 0 spiro atoms. The zero-order valence-electron chi connectivity index (χ0n) is 22.8. The van der Waals surface area contributed by atoms with E-state index in [1.807, 2.05) is 0 Å². The van der Waals surface area contributed by atoms with E-state index >= 15 is 0 Å². The van der Waals surface area contributed by atoms with Gasteiger partial charge in [-0.3, -0.25) is 4.79 Å². The summed E-state index contributed by atoms with van der Waals surface area (Å²) in [6.45, 7) is 10.4. The van der Waals surface area contributed by atoms with Crippen molar-refractivity contribution in [3.05, 3.63) is 11.1 Å². The van der Waals surface area contributed by atoms with E-state index < -0.39 is 82.1 Å². The van der Waals surface area contributed by atoms with E-state index in [-0.39, 0.29) is 25.9 Å². The molecule has 9 unspecified atom stereocenters. The van der Waals surface area contributed by atoms with Crippen LogP contribution in [0, 0.1) is 28.6 Å². The van der Waals surface area contributed by atoms with Crippen LogP contribution in [-0.2, 0) is 14.3 Å². The first kappa shape index (κ1) is 28.4. The highest BCUT2D eigenvalue weighted by Crippen LogP contribution is 2.65. The van der Waals surface area contributed by atoms with Crippen molar-refractivity contribution in [2.75, 3.05) is 13.7 Å². The standard InChI is InChI=1S/C27H43NO9/c1-12-15(8-16(29)14(3)28-23(33)36-7)10-27(35)13(2)21-25(6,17(30)9-18-26(21,34)11-37-18)22(32)20(31)19(12)24(27,4)5/h13-18,20-21,29-31,34-35H,8-11H2,1-7H3,(H,28,33)/t13?,14?,15-,16?,17?,18?,20?,21?,25+,26?,27?/m0/s1. The van der Waals surface area contributed by atoms with Gasteiger partial charge in [0, 0.05) is 17.8 Å². The number of ketones is 1. The molecule has 4 rings (SSSR count). The molecule has 10 heteroatoms. The van der Waals surface area contributed by atoms with Crippen LogP contribution in [0.25, 0.3) is 0 Å². The molecule has 0 aromatic rings. The Morgan fingerprint density at radius 3 is 2.41 bits per heavy atom. The molecule has 2 bridgehead atoms. The molecule has 3 aliphatic carbocycles. The maximum absolute atomic E-state index is 14.1. The van der Waals surface area contributed by atoms with Crippen LogP contribution in [0.5, 0.6) is 0 Å². The van der Waals surface area contributed by atoms with Gasteiger partial charge in [0.2, 0.25) is 0 Å². The van der Waals surface area contributed by atoms with Crippen LogP contribution in [0.2, 0.25) is 0 Å². The Kier molecular flexibility index (Phi) is 6.91. The van der Waals surface area contributed by atoms with E-state index in [0.29, 0.717) is 11.1 Å². The fourth-order valence-electron chi connectivity index (χ4n) is 8.22. The van der Waals surface area contributed by atoms with Crippen LogP contribution >= 0.6 is 0 Å². The topological polar surface area (TPSA) is 166 Å². The Bertz CT molecular complexity index is 996. The van der Waals surface area contributed by atoms with Gasteiger partial charge >= 0.3 is 6.09 Å². The van der Waals surface area contributed by atoms with Gasteiger partial charge in [-0.2, -0.15) is 0 Å². The maximum atomic E-state index is 14.1. The monoisotopic (exact) mass is 525 g/mol. The minimum atomic E-state index is -1.61. The van der Waals surface area contributed by atoms with Crippen molar-refractivity contribution < 1.29 is 44.6 Å². The zero-order chi connectivity index (χ0) is 27.9. The second kappa shape index (κ2) is 8.99. The van der Waals surface area contributed by atoms with Crippen molar-refractivity contribution in [1.82, 2.24) is 5.32 Å². The number of carbonyl (C=O) groups excluding carboxylic acids is 2. The van der Waals surface area contributed by atoms with Crippen molar-refractivity contribution >= 4 is 11.9 Å². The van der Waals surface area contributed by atoms with E-state index in [1.54, 1.807) is 41.5 Å². The molecule has 4 aliphatic rings. The van der Waals surface area contributed by atoms with E-state index in [2.05, 4.69) is 10.1 Å². The van der Waals surface area contributed by atoms with Crippen LogP contribution in [0.3, 0.4) is 0 Å². The summed E-state index contributed by atoms with van der Waals surface area (Å²) in [4.78, 5) is 25.7. The lowest BCUT2D eigenvalue weighted by Gasteiger charge is -2.67. The Balaban J connectivity index is 1.82. The molecular formula is C27H43NO9. The predicted octanol–water partition coefficient (Wildman–Crippen LogP) is 0.672. The number of aliphatic hydroxyl groups is 5. The normalized spacial score (nSPS) is 46.4. The van der Waals surface area contributed by atoms with Gasteiger partial charge < -0.3 is 40.3 Å². The number of rotatable bonds is 4. The molecule has 0 aromatic heterocycles. The maximum Gasteiger partial charge on any atom is 0.407 e. The van der Waals surface area contributed by atoms with E-state index in [1.165, 1.54) is 7.11 Å². The molecule has 10 nitrogen and oxygen atoms in total. The third-order valence-electron chi connectivity index (χ3n) is 10.7. The molecule has 1 amide bonds. The first-order valence-electron chi connectivity index (χ1n) is 13.2. The summed E-state index contributed by atoms with van der Waals surface area (Å²) in [5.74, 6) is -2.55. The number of hydrogen-bond donors (Lipinski definition) is 6. The van der Waals surface area contributed by atoms with E-state index in [9.17, 15) is 35.1 Å². The second-order valence-electron chi connectivity index (χ2n) is 12.6. The number of alkyl carbamates (subject to hydrolysis) is 1. The fourth-order valence-corrected chi connectivity index (χ4v) is 8.22. The molecule has 3 fully saturated rings. The average Bonchev–Trinajstić information content (AvgIpc) is 2.82. The molecule has 0 aromatic carbocycles. The summed E-state index contributed by atoms with van der Waals surface area (Å²) in [6, 6.07) is -0.644. The van der Waals surface area contributed by atoms with E-state index in [0.717, 1.165) is 0 Å². The summed E-state index contributed by atoms with van der Waals surface area (Å²) >= 11 is 0. The molecular weight excluding hydrogens is 482 g/mol. The van der Waals surface area contributed by atoms with Crippen molar-refractivity contribution in [2.45, 2.75) is 102 Å². The summed E-state index contributed by atoms with van der Waals surface area (Å²) in [5, 5.41) is 60.6. The number of allylic oxidation sites excluding steroid dienone is 1. The van der Waals surface area contributed by atoms with Crippen molar-refractivity contribution in [3.63, 3.8) is 0 Å². The molecule has 1 saturated heterocycles. The number of fused-ring (bicyclic) bond motifs is 5. The van der Waals surface area contributed by atoms with Gasteiger partial charge in [0.15, 0.2) is 5.78 Å². The van der Waals surface area contributed by atoms with Crippen LogP contribution in [0.15, 0.2) is 11.1 Å². The predicted molar refractivity (Wildman–Crippen MR) is 132 cm³/mol. The van der Waals surface area contributed by atoms with Gasteiger partial charge in [-0.05, 0) is 51.0 Å². The molecule has 1 heterocycles. The molecule has 210 valence electrons. The van der Waals surface area contributed by atoms with Gasteiger partial charge in [0.25, 0.3) is 0 Å². The molecule has 11 atom stereocenters. The van der Waals surface area contributed by atoms with Gasteiger partial charge in [-0.1, -0.05) is 26.3 Å². The van der Waals surface area contributed by atoms with Gasteiger partial charge in [-0.15, -0.1) is 0 Å². The zero-order valence-corrected chi connectivity index (χ0v) is 22.8. The highest BCUT2D eigenvalue weighted by atomic mass is 16.6. The van der Waals surface area contributed by atoms with Crippen molar-refractivity contribution in [1.29, 1.82) is 0 Å². The smallest absolute Gasteiger partial charge is 0.407 e. The fraction of sp³-hybridized carbons (Fsp3) is 0.852. The minimum absolute atomic E-state index is 0.0184. The van der Waals surface area contributed by atoms with E-state index in [4.69, 9.17) is 4.74 Å². The second-order valence-corrected chi connectivity index (χ2v) is 12.6. The van der Waals surface area contributed by atoms with Crippen LogP contribution in [0.4, 0.5) is 4.79 Å². The summed E-state index contributed by atoms with van der Waals surface area (Å²) in [7, 11) is 1.23. The number of methoxy groups -OCH3 is 1. The number of nitrogens with one attached hydrogen (secondary N) is 1. The Morgan fingerprint density at radius 2 is 1.86 bits per heavy atom. The molecule has 37 heavy (non-hydrogen) atoms. The van der Waals surface area contributed by atoms with Crippen molar-refractivity contribution in [2.24, 2.45) is 28.6 Å². The number of ether oxygens (including phenoxy) is 2. The summed E-state index contributed by atoms with van der Waals surface area (Å²) in [6.07, 6.45) is -4.68. The first-order chi connectivity index (χ1) is 17.0. The number of carbonyl (C=O) groups is 2. The Hall–Kier alpha value is -1.56. The average molecular weight is 526 g/mol. The number of Topliss-reactive ketones (excluding diaryl/α,β-unsaturated/α-hetero) is 1. The lowest BCUT2D eigenvalue weighted by molar-refractivity contribution is -0.335. The SMILES string of the molecule is COC(=O)NC(C)C(O)C[C@H]1CC2(O)C(C)C3C4(O)COC4CC(O)[C@@]3(C)C(=O)C(O)C(=C1C)C2(C)C. The quantitative estimate of drug-likeness (QED) is 0.289. The lowest BCUT2D eigenvalue weighted by Crippen LogP contribution is -2.78. The largest absolute Gasteiger partial charge is 0.453 e. The Morgan fingerprint density at radius 1 is 1.24 bits per heavy atom. The highest BCUT2D eigenvalue weighted by molar-refractivity contribution is 5.93. The van der Waals surface area contributed by atoms with Crippen molar-refractivity contribution in [3.8, 4) is 0 Å². The van der Waals surface area contributed by atoms with Crippen LogP contribution in [0.1, 0.15) is 60.8 Å². The molecule has 1 aliphatic heterocycles. The van der Waals surface area contributed by atoms with Gasteiger partial charge in [0.05, 0.1) is 49.1 Å². The number of amides is 1. The van der Waals surface area contributed by atoms with Crippen LogP contribution in [-0.4, -0.2) is 92.8 Å². The third kappa shape index (κ3) is 3.74. The lowest BCUT2D eigenvalue weighted by atomic mass is 9.42. The molecule has 2 saturated carbocycles. The number of aliphatic hydroxyl groups excluding tert-OH is 3.